The summed E-state index contributed by atoms with van der Waals surface area (Å²) < 4.78 is 11.0. The summed E-state index contributed by atoms with van der Waals surface area (Å²) in [6.45, 7) is 23.4. The summed E-state index contributed by atoms with van der Waals surface area (Å²) in [6.07, 6.45) is 19.1. The standard InChI is InChI=1S/C50H62N4O5.Mg/c1-12-34-30(7)37-24-39-32(9)36(20-21-43(55)59-23-22-29(6)19-15-18-28(5)17-14-16-27(3)4)47(53-39)45-46(50(57)58-11)49(56)44-33(10)40(54-48(44)45)26-42-35(13-2)31(8)38(52-42)25-41(34)51-37;/h12,17,22,24-28,32,36,46H,1,13-16,18-21,23H2,2-11H3,(H-,53,54,56);/q-4;+2/p-1/b29-22+,38-25-,39-24-,42-26-;/t28-,32+,36+,46-;/m1./s1. The van der Waals surface area contributed by atoms with Crippen LogP contribution in [0.4, 0.5) is 0 Å². The van der Waals surface area contributed by atoms with Gasteiger partial charge in [-0.3, -0.25) is 14.4 Å². The summed E-state index contributed by atoms with van der Waals surface area (Å²) in [5.41, 5.74) is 10.6. The first-order valence-electron chi connectivity index (χ1n) is 21.5. The Bertz CT molecular complexity index is 2350. The van der Waals surface area contributed by atoms with Crippen LogP contribution < -0.4 is 25.7 Å². The number of carbonyl (C=O) groups is 3. The molecule has 0 radical (unpaired) electrons. The number of hydrogen-bond acceptors (Lipinski definition) is 5. The minimum absolute atomic E-state index is 0. The van der Waals surface area contributed by atoms with Gasteiger partial charge in [0.2, 0.25) is 0 Å². The van der Waals surface area contributed by atoms with Gasteiger partial charge in [0.15, 0.2) is 5.78 Å². The van der Waals surface area contributed by atoms with Crippen molar-refractivity contribution in [3.05, 3.63) is 108 Å². The van der Waals surface area contributed by atoms with Crippen LogP contribution in [0, 0.1) is 56.8 Å². The van der Waals surface area contributed by atoms with Crippen LogP contribution in [0.2, 0.25) is 0 Å². The summed E-state index contributed by atoms with van der Waals surface area (Å²) in [7, 11) is 1.29. The molecule has 0 unspecified atom stereocenters. The maximum Gasteiger partial charge on any atom is 2.00 e. The zero-order chi connectivity index (χ0) is 42.7. The maximum atomic E-state index is 14.3. The number of methoxy groups -OCH3 is 1. The first-order chi connectivity index (χ1) is 28.2. The maximum absolute atomic E-state index is 14.3. The molecule has 0 amide bonds. The number of carbonyl (C=O) groups excluding carboxylic acids is 3. The van der Waals surface area contributed by atoms with E-state index in [1.165, 1.54) is 19.1 Å². The van der Waals surface area contributed by atoms with Crippen LogP contribution in [0.15, 0.2) is 29.6 Å². The molecule has 1 saturated heterocycles. The van der Waals surface area contributed by atoms with Crippen molar-refractivity contribution in [3.63, 3.8) is 0 Å². The smallest absolute Gasteiger partial charge is 0.664 e. The van der Waals surface area contributed by atoms with Gasteiger partial charge in [-0.05, 0) is 76.4 Å². The SMILES string of the molecule is C=Cc1c2[n-]c(c1C)/C=C1\[N-]/C(=C3\c4[n-]c(c(C)c4C(=O)[C@@H]3C(=O)OC)/C=c3\[n-]/c(c(C)c3CC)=C\2)[C@@H](CCC(=O)OC/C=C(\C)CCC[C@H](C)[CH-]CCC(C)C)[C@@H]1C.[Mg+2]. The molecule has 0 aromatic carbocycles. The molecule has 9 nitrogen and oxygen atoms in total. The minimum atomic E-state index is -1.22. The van der Waals surface area contributed by atoms with Gasteiger partial charge in [-0.25, -0.2) is 0 Å². The molecule has 60 heavy (non-hydrogen) atoms. The van der Waals surface area contributed by atoms with Crippen molar-refractivity contribution in [1.29, 1.82) is 0 Å². The summed E-state index contributed by atoms with van der Waals surface area (Å²) in [6, 6.07) is 0. The fourth-order valence-corrected chi connectivity index (χ4v) is 8.91. The topological polar surface area (TPSA) is 126 Å². The molecule has 1 aliphatic carbocycles. The van der Waals surface area contributed by atoms with Crippen molar-refractivity contribution < 1.29 is 23.9 Å². The van der Waals surface area contributed by atoms with E-state index in [4.69, 9.17) is 29.7 Å². The van der Waals surface area contributed by atoms with Crippen molar-refractivity contribution in [2.45, 2.75) is 114 Å². The number of nitrogens with zero attached hydrogens (tertiary/aromatic N) is 4. The summed E-state index contributed by atoms with van der Waals surface area (Å²) in [4.78, 5) is 56.4. The molecular formula is C50H61MgN4O5-3. The molecule has 0 saturated carbocycles. The van der Waals surface area contributed by atoms with Crippen LogP contribution in [0.5, 0.6) is 0 Å². The molecule has 3 aromatic heterocycles. The molecule has 10 heteroatoms. The van der Waals surface area contributed by atoms with Crippen molar-refractivity contribution in [2.24, 2.45) is 29.6 Å². The average Bonchev–Trinajstić information content (AvgIpc) is 3.94. The van der Waals surface area contributed by atoms with Gasteiger partial charge < -0.3 is 36.2 Å². The summed E-state index contributed by atoms with van der Waals surface area (Å²) >= 11 is 0. The third kappa shape index (κ3) is 9.60. The molecule has 3 aliphatic rings. The Kier molecular flexibility index (Phi) is 15.6. The third-order valence-electron chi connectivity index (χ3n) is 12.6. The number of esters is 2. The Morgan fingerprint density at radius 2 is 1.67 bits per heavy atom. The minimum Gasteiger partial charge on any atom is -0.664 e. The van der Waals surface area contributed by atoms with Gasteiger partial charge in [0.05, 0.1) is 7.11 Å². The van der Waals surface area contributed by atoms with Crippen molar-refractivity contribution >= 4 is 70.7 Å². The third-order valence-corrected chi connectivity index (χ3v) is 12.6. The van der Waals surface area contributed by atoms with E-state index in [1.54, 1.807) is 0 Å². The largest absolute Gasteiger partial charge is 2.00 e. The van der Waals surface area contributed by atoms with Gasteiger partial charge in [0, 0.05) is 12.0 Å². The molecule has 316 valence electrons. The van der Waals surface area contributed by atoms with E-state index in [0.29, 0.717) is 46.1 Å². The van der Waals surface area contributed by atoms with Crippen LogP contribution in [0.25, 0.3) is 35.2 Å². The normalized spacial score (nSPS) is 21.9. The molecule has 3 aromatic rings. The van der Waals surface area contributed by atoms with Gasteiger partial charge in [0.25, 0.3) is 0 Å². The van der Waals surface area contributed by atoms with E-state index < -0.39 is 11.9 Å². The Morgan fingerprint density at radius 3 is 2.35 bits per heavy atom. The van der Waals surface area contributed by atoms with E-state index in [0.717, 1.165) is 88.1 Å². The molecule has 4 atom stereocenters. The Balaban J connectivity index is 0.00000683. The number of rotatable bonds is 16. The molecule has 8 bridgehead atoms. The Labute approximate surface area is 372 Å². The van der Waals surface area contributed by atoms with Crippen LogP contribution in [0.1, 0.15) is 147 Å². The second-order valence-electron chi connectivity index (χ2n) is 17.1. The molecule has 6 rings (SSSR count). The predicted octanol–water partition coefficient (Wildman–Crippen LogP) is 8.37. The molecule has 5 heterocycles. The van der Waals surface area contributed by atoms with Crippen LogP contribution in [0.3, 0.4) is 0 Å². The number of allylic oxidation sites excluding steroid dienone is 3. The van der Waals surface area contributed by atoms with E-state index in [2.05, 4.69) is 61.5 Å². The zero-order valence-electron chi connectivity index (χ0n) is 37.5. The second-order valence-corrected chi connectivity index (χ2v) is 17.1. The fourth-order valence-electron chi connectivity index (χ4n) is 8.91. The van der Waals surface area contributed by atoms with Crippen LogP contribution in [-0.2, 0) is 25.5 Å². The van der Waals surface area contributed by atoms with Crippen LogP contribution in [-0.4, -0.2) is 54.5 Å². The molecule has 0 spiro atoms. The van der Waals surface area contributed by atoms with E-state index >= 15 is 0 Å². The first-order valence-corrected chi connectivity index (χ1v) is 21.5. The number of hydrogen-bond donors (Lipinski definition) is 0. The van der Waals surface area contributed by atoms with Gasteiger partial charge in [0.1, 0.15) is 12.5 Å². The predicted molar refractivity (Wildman–Crippen MR) is 241 cm³/mol. The Hall–Kier alpha value is -4.28. The van der Waals surface area contributed by atoms with E-state index in [9.17, 15) is 14.4 Å². The molecule has 0 N–H and O–H groups in total. The van der Waals surface area contributed by atoms with E-state index in [-0.39, 0.29) is 59.7 Å². The number of aromatic nitrogens is 3. The van der Waals surface area contributed by atoms with Crippen LogP contribution >= 0.6 is 0 Å². The average molecular weight is 822 g/mol. The van der Waals surface area contributed by atoms with E-state index in [1.807, 2.05) is 44.2 Å². The van der Waals surface area contributed by atoms with Gasteiger partial charge in [-0.15, -0.1) is 33.5 Å². The van der Waals surface area contributed by atoms with Gasteiger partial charge in [-0.1, -0.05) is 118 Å². The number of fused-ring (bicyclic) bond motifs is 7. The van der Waals surface area contributed by atoms with Gasteiger partial charge >= 0.3 is 35.0 Å². The van der Waals surface area contributed by atoms with Crippen molar-refractivity contribution in [1.82, 2.24) is 15.0 Å². The summed E-state index contributed by atoms with van der Waals surface area (Å²) in [5, 5.41) is 6.81. The fraction of sp³-hybridized carbons (Fsp3) is 0.480. The Morgan fingerprint density at radius 1 is 0.950 bits per heavy atom. The molecule has 1 fully saturated rings. The number of ketones is 1. The monoisotopic (exact) mass is 821 g/mol. The summed E-state index contributed by atoms with van der Waals surface area (Å²) in [5.74, 6) is -1.73. The van der Waals surface area contributed by atoms with Crippen molar-refractivity contribution in [2.75, 3.05) is 13.7 Å². The molecular weight excluding hydrogens is 761 g/mol. The quantitative estimate of drug-likeness (QED) is 0.0464. The van der Waals surface area contributed by atoms with Crippen molar-refractivity contribution in [3.8, 4) is 0 Å². The van der Waals surface area contributed by atoms with Gasteiger partial charge in [-0.2, -0.15) is 23.7 Å². The first kappa shape index (κ1) is 46.8. The molecule has 2 aliphatic heterocycles. The number of ether oxygens (including phenoxy) is 2. The zero-order valence-corrected chi connectivity index (χ0v) is 38.9. The number of Topliss-reactive ketones (excluding diaryl/α,β-unsaturated/α-hetero) is 1. The second kappa shape index (κ2) is 20.1.